The zero-order chi connectivity index (χ0) is 57.4. The Hall–Kier alpha value is -5.72. The van der Waals surface area contributed by atoms with Crippen LogP contribution >= 0.6 is 22.6 Å². The summed E-state index contributed by atoms with van der Waals surface area (Å²) in [6.07, 6.45) is 5.95. The van der Waals surface area contributed by atoms with Crippen LogP contribution in [-0.4, -0.2) is 71.5 Å². The molecule has 4 aliphatic heterocycles. The Balaban J connectivity index is 0.000000185. The average Bonchev–Trinajstić information content (AvgIpc) is 3.55. The van der Waals surface area contributed by atoms with Crippen LogP contribution in [0, 0.1) is 87.5 Å². The molecule has 0 radical (unpaired) electrons. The van der Waals surface area contributed by atoms with Crippen molar-refractivity contribution in [3.63, 3.8) is 0 Å². The number of hydrogen-bond acceptors (Lipinski definition) is 10. The number of ether oxygens (including phenoxy) is 4. The van der Waals surface area contributed by atoms with Crippen LogP contribution in [0.3, 0.4) is 0 Å². The number of sulfonamides is 1. The summed E-state index contributed by atoms with van der Waals surface area (Å²) >= 11 is 2.08. The van der Waals surface area contributed by atoms with Crippen LogP contribution < -0.4 is 0 Å². The molecule has 17 heteroatoms. The highest BCUT2D eigenvalue weighted by Gasteiger charge is 2.47. The Kier molecular flexibility index (Phi) is 22.6. The Bertz CT molecular complexity index is 3110. The van der Waals surface area contributed by atoms with Crippen molar-refractivity contribution in [2.24, 2.45) is 5.92 Å². The van der Waals surface area contributed by atoms with Gasteiger partial charge in [-0.15, -0.1) is 0 Å². The first kappa shape index (κ1) is 62.5. The van der Waals surface area contributed by atoms with Crippen LogP contribution in [0.25, 0.3) is 0 Å². The number of rotatable bonds is 10. The normalized spacial score (nSPS) is 20.2. The SMILES string of the molecule is COC(=O)C(C#N)C1(c2ccc(C)c(F)c2)CCOCC1.C[C@H]1CC[C@H](c2ccccc2)S(=O)(=O)N1Cc1ccc(C2(CC#N)CCOCC2)cc1F.Cc1ccc(C2(CC#N)CCOCC2)cc1F.Cc1ccc(I)cc1F. The summed E-state index contributed by atoms with van der Waals surface area (Å²) in [4.78, 5) is 12.0. The van der Waals surface area contributed by atoms with Crippen molar-refractivity contribution in [1.29, 1.82) is 15.8 Å². The number of carbonyl (C=O) groups excluding carboxylic acids is 1. The van der Waals surface area contributed by atoms with Crippen molar-refractivity contribution in [3.8, 4) is 18.2 Å². The van der Waals surface area contributed by atoms with Gasteiger partial charge in [0, 0.05) is 90.4 Å². The molecule has 4 aliphatic rings. The summed E-state index contributed by atoms with van der Waals surface area (Å²) in [6, 6.07) is 36.0. The molecule has 0 saturated carbocycles. The molecule has 4 fully saturated rings. The highest BCUT2D eigenvalue weighted by molar-refractivity contribution is 14.1. The van der Waals surface area contributed by atoms with Crippen molar-refractivity contribution in [2.75, 3.05) is 46.8 Å². The van der Waals surface area contributed by atoms with Gasteiger partial charge in [0.2, 0.25) is 10.0 Å². The van der Waals surface area contributed by atoms with Crippen LogP contribution in [0.1, 0.15) is 121 Å². The predicted octanol–water partition coefficient (Wildman–Crippen LogP) is 13.2. The standard InChI is InChI=1S/C25H29FN2O3S.C16H18FNO3.C14H16FNO.C7H6FI/c1-19-7-10-24(20-5-3-2-4-6-20)32(29,30)28(19)18-21-8-9-22(17-23(21)26)25(11-14-27)12-15-31-16-13-25;1-11-3-4-12(9-14(11)17)16(5-7-21-8-6-16)13(10-18)15(19)20-2;1-11-2-3-12(10-13(11)15)14(4-7-16)5-8-17-9-6-14;1-5-2-3-6(9)4-7(5)8/h2-6,8-9,17,19,24H,7,10-13,15-16,18H2,1H3;3-4,9,13H,5-8H2,1-2H3;2-3,10H,4-6,8-9H2,1H3;2-4H,1H3/t19-,24+;;;/m0.../s1. The van der Waals surface area contributed by atoms with Crippen LogP contribution in [-0.2, 0) is 56.6 Å². The molecule has 79 heavy (non-hydrogen) atoms. The van der Waals surface area contributed by atoms with Gasteiger partial charge in [0.1, 0.15) is 28.5 Å². The van der Waals surface area contributed by atoms with Gasteiger partial charge in [-0.3, -0.25) is 4.79 Å². The van der Waals surface area contributed by atoms with Crippen LogP contribution in [0.15, 0.2) is 103 Å². The molecular weight excluding hydrogens is 1150 g/mol. The van der Waals surface area contributed by atoms with Gasteiger partial charge in [-0.2, -0.15) is 20.1 Å². The third-order valence-corrected chi connectivity index (χ3v) is 19.1. The number of methoxy groups -OCH3 is 1. The molecule has 9 rings (SSSR count). The Morgan fingerprint density at radius 2 is 1.11 bits per heavy atom. The Labute approximate surface area is 477 Å². The number of nitriles is 3. The first-order valence-electron chi connectivity index (χ1n) is 26.5. The van der Waals surface area contributed by atoms with Gasteiger partial charge >= 0.3 is 5.97 Å². The lowest BCUT2D eigenvalue weighted by atomic mass is 9.65. The van der Waals surface area contributed by atoms with Crippen molar-refractivity contribution in [3.05, 3.63) is 174 Å². The van der Waals surface area contributed by atoms with Crippen LogP contribution in [0.4, 0.5) is 17.6 Å². The summed E-state index contributed by atoms with van der Waals surface area (Å²) in [6.45, 7) is 10.3. The number of hydrogen-bond donors (Lipinski definition) is 0. The molecular formula is C62H69F4IN4O7S. The summed E-state index contributed by atoms with van der Waals surface area (Å²) in [5.74, 6) is -2.61. The molecule has 5 aromatic rings. The second-order valence-electron chi connectivity index (χ2n) is 20.9. The lowest BCUT2D eigenvalue weighted by molar-refractivity contribution is -0.147. The zero-order valence-corrected chi connectivity index (χ0v) is 48.5. The van der Waals surface area contributed by atoms with E-state index in [0.29, 0.717) is 112 Å². The smallest absolute Gasteiger partial charge is 0.323 e. The van der Waals surface area contributed by atoms with E-state index in [9.17, 15) is 36.9 Å². The average molecular weight is 1220 g/mol. The molecule has 0 spiro atoms. The number of aryl methyl sites for hydroxylation is 3. The summed E-state index contributed by atoms with van der Waals surface area (Å²) in [5, 5.41) is 27.2. The predicted molar refractivity (Wildman–Crippen MR) is 302 cm³/mol. The second-order valence-corrected chi connectivity index (χ2v) is 24.2. The van der Waals surface area contributed by atoms with Gasteiger partial charge in [0.15, 0.2) is 5.92 Å². The second kappa shape index (κ2) is 28.6. The fraction of sp³-hybridized carbons (Fsp3) is 0.452. The zero-order valence-electron chi connectivity index (χ0n) is 45.5. The number of halogens is 5. The topological polar surface area (TPSA) is 163 Å². The van der Waals surface area contributed by atoms with Gasteiger partial charge in [-0.05, 0) is 171 Å². The largest absolute Gasteiger partial charge is 0.468 e. The number of esters is 1. The fourth-order valence-corrected chi connectivity index (χ4v) is 13.5. The lowest BCUT2D eigenvalue weighted by Gasteiger charge is -2.39. The molecule has 0 aliphatic carbocycles. The molecule has 0 bridgehead atoms. The van der Waals surface area contributed by atoms with Crippen molar-refractivity contribution >= 4 is 38.6 Å². The maximum absolute atomic E-state index is 15.2. The third kappa shape index (κ3) is 15.2. The summed E-state index contributed by atoms with van der Waals surface area (Å²) in [5.41, 5.74) is 4.02. The van der Waals surface area contributed by atoms with Gasteiger partial charge in [0.25, 0.3) is 0 Å². The van der Waals surface area contributed by atoms with Gasteiger partial charge < -0.3 is 18.9 Å². The molecule has 4 saturated heterocycles. The highest BCUT2D eigenvalue weighted by Crippen LogP contribution is 2.44. The molecule has 3 atom stereocenters. The molecule has 0 aromatic heterocycles. The van der Waals surface area contributed by atoms with Gasteiger partial charge in [-0.1, -0.05) is 72.8 Å². The molecule has 0 amide bonds. The van der Waals surface area contributed by atoms with Gasteiger partial charge in [-0.25, -0.2) is 26.0 Å². The third-order valence-electron chi connectivity index (χ3n) is 16.1. The van der Waals surface area contributed by atoms with E-state index in [1.165, 1.54) is 29.6 Å². The molecule has 0 N–H and O–H groups in total. The first-order chi connectivity index (χ1) is 37.8. The maximum atomic E-state index is 15.2. The highest BCUT2D eigenvalue weighted by atomic mass is 127. The Morgan fingerprint density at radius 3 is 1.57 bits per heavy atom. The van der Waals surface area contributed by atoms with E-state index in [-0.39, 0.29) is 35.5 Å². The molecule has 420 valence electrons. The minimum Gasteiger partial charge on any atom is -0.468 e. The Morgan fingerprint density at radius 1 is 0.658 bits per heavy atom. The van der Waals surface area contributed by atoms with Crippen LogP contribution in [0.5, 0.6) is 0 Å². The molecule has 5 aromatic carbocycles. The van der Waals surface area contributed by atoms with Crippen molar-refractivity contribution in [2.45, 2.75) is 126 Å². The molecule has 11 nitrogen and oxygen atoms in total. The van der Waals surface area contributed by atoms with Crippen molar-refractivity contribution in [1.82, 2.24) is 4.31 Å². The van der Waals surface area contributed by atoms with Crippen molar-refractivity contribution < 1.29 is 49.7 Å². The van der Waals surface area contributed by atoms with E-state index in [0.717, 1.165) is 39.5 Å². The minimum atomic E-state index is -3.63. The first-order valence-corrected chi connectivity index (χ1v) is 29.1. The lowest BCUT2D eigenvalue weighted by Crippen LogP contribution is -2.44. The van der Waals surface area contributed by atoms with Gasteiger partial charge in [0.05, 0.1) is 25.3 Å². The van der Waals surface area contributed by atoms with Crippen LogP contribution in [0.2, 0.25) is 0 Å². The number of nitrogens with zero attached hydrogens (tertiary/aromatic N) is 4. The monoisotopic (exact) mass is 1220 g/mol. The number of benzene rings is 5. The molecule has 4 heterocycles. The van der Waals surface area contributed by atoms with E-state index in [1.807, 2.05) is 61.5 Å². The maximum Gasteiger partial charge on any atom is 0.323 e. The summed E-state index contributed by atoms with van der Waals surface area (Å²) < 4.78 is 106. The molecule has 1 unspecified atom stereocenters. The number of carbonyl (C=O) groups is 1. The van der Waals surface area contributed by atoms with E-state index >= 15 is 4.39 Å². The van der Waals surface area contributed by atoms with E-state index in [4.69, 9.17) is 24.2 Å². The van der Waals surface area contributed by atoms with E-state index in [2.05, 4.69) is 34.7 Å². The fourth-order valence-electron chi connectivity index (χ4n) is 10.9. The van der Waals surface area contributed by atoms with E-state index < -0.39 is 43.8 Å². The quantitative estimate of drug-likeness (QED) is 0.0747. The minimum absolute atomic E-state index is 0.00725. The summed E-state index contributed by atoms with van der Waals surface area (Å²) in [7, 11) is -2.37. The van der Waals surface area contributed by atoms with E-state index in [1.54, 1.807) is 57.2 Å².